The Hall–Kier alpha value is -3.23. The fourth-order valence-corrected chi connectivity index (χ4v) is 2.68. The van der Waals surface area contributed by atoms with Crippen molar-refractivity contribution in [3.05, 3.63) is 71.8 Å². The highest BCUT2D eigenvalue weighted by atomic mass is 16.5. The molecule has 31 heavy (non-hydrogen) atoms. The van der Waals surface area contributed by atoms with E-state index >= 15 is 0 Å². The van der Waals surface area contributed by atoms with Crippen LogP contribution in [0.15, 0.2) is 60.7 Å². The van der Waals surface area contributed by atoms with E-state index in [4.69, 9.17) is 15.2 Å². The lowest BCUT2D eigenvalue weighted by atomic mass is 10.1. The molecular formula is C23H29N3O5. The number of nitrogens with one attached hydrogen (secondary N) is 2. The Kier molecular flexibility index (Phi) is 10.2. The summed E-state index contributed by atoms with van der Waals surface area (Å²) in [5.74, 6) is -1.21. The molecule has 0 saturated heterocycles. The van der Waals surface area contributed by atoms with Crippen LogP contribution in [0.1, 0.15) is 24.5 Å². The second-order valence-electron chi connectivity index (χ2n) is 7.09. The first-order valence-electron chi connectivity index (χ1n) is 10.1. The number of carbonyl (C=O) groups is 3. The molecule has 2 amide bonds. The van der Waals surface area contributed by atoms with Crippen LogP contribution in [0.3, 0.4) is 0 Å². The lowest BCUT2D eigenvalue weighted by Gasteiger charge is -2.14. The van der Waals surface area contributed by atoms with Crippen molar-refractivity contribution in [1.29, 1.82) is 0 Å². The quantitative estimate of drug-likeness (QED) is 0.347. The zero-order chi connectivity index (χ0) is 22.5. The molecule has 2 rings (SSSR count). The van der Waals surface area contributed by atoms with Gasteiger partial charge in [-0.1, -0.05) is 60.7 Å². The number of rotatable bonds is 12. The molecule has 2 aromatic carbocycles. The van der Waals surface area contributed by atoms with Gasteiger partial charge in [0.25, 0.3) is 0 Å². The van der Waals surface area contributed by atoms with Gasteiger partial charge in [0.1, 0.15) is 13.3 Å². The number of nitrogens with two attached hydrogens (primary N) is 1. The van der Waals surface area contributed by atoms with Crippen LogP contribution in [0, 0.1) is 0 Å². The Morgan fingerprint density at radius 1 is 0.935 bits per heavy atom. The van der Waals surface area contributed by atoms with Crippen LogP contribution in [-0.4, -0.2) is 43.2 Å². The van der Waals surface area contributed by atoms with Gasteiger partial charge in [-0.15, -0.1) is 0 Å². The van der Waals surface area contributed by atoms with Gasteiger partial charge in [0, 0.05) is 0 Å². The van der Waals surface area contributed by atoms with Crippen LogP contribution in [0.5, 0.6) is 0 Å². The van der Waals surface area contributed by atoms with Crippen LogP contribution in [0.25, 0.3) is 0 Å². The number of ether oxygens (including phenoxy) is 2. The number of esters is 1. The molecule has 0 aliphatic heterocycles. The molecule has 0 radical (unpaired) electrons. The van der Waals surface area contributed by atoms with Crippen molar-refractivity contribution in [3.63, 3.8) is 0 Å². The summed E-state index contributed by atoms with van der Waals surface area (Å²) in [4.78, 5) is 35.7. The van der Waals surface area contributed by atoms with Crippen LogP contribution < -0.4 is 16.4 Å². The molecule has 0 aliphatic carbocycles. The molecule has 2 aromatic rings. The van der Waals surface area contributed by atoms with Gasteiger partial charge in [0.05, 0.1) is 25.1 Å². The largest absolute Gasteiger partial charge is 0.461 e. The maximum atomic E-state index is 12.0. The number of benzene rings is 2. The third-order valence-corrected chi connectivity index (χ3v) is 4.39. The average molecular weight is 428 g/mol. The van der Waals surface area contributed by atoms with Gasteiger partial charge in [0.15, 0.2) is 0 Å². The Balaban J connectivity index is 1.56. The van der Waals surface area contributed by atoms with Gasteiger partial charge in [-0.2, -0.15) is 0 Å². The maximum absolute atomic E-state index is 12.0. The topological polar surface area (TPSA) is 120 Å². The van der Waals surface area contributed by atoms with Crippen molar-refractivity contribution in [2.24, 2.45) is 5.73 Å². The van der Waals surface area contributed by atoms with E-state index in [1.54, 1.807) is 6.92 Å². The highest BCUT2D eigenvalue weighted by molar-refractivity contribution is 5.87. The number of hydrogen-bond acceptors (Lipinski definition) is 6. The molecule has 0 unspecified atom stereocenters. The molecule has 8 heteroatoms. The van der Waals surface area contributed by atoms with Crippen molar-refractivity contribution < 1.29 is 23.9 Å². The number of amides is 2. The van der Waals surface area contributed by atoms with E-state index in [9.17, 15) is 14.4 Å². The van der Waals surface area contributed by atoms with E-state index < -0.39 is 24.0 Å². The Labute approximate surface area is 182 Å². The SMILES string of the molecule is C[C@H](CC(=O)OCc1ccccc1)OCNC(=O)CNC(=O)[C@@H](N)Cc1ccccc1. The zero-order valence-corrected chi connectivity index (χ0v) is 17.6. The molecule has 0 fully saturated rings. The van der Waals surface area contributed by atoms with Gasteiger partial charge < -0.3 is 25.8 Å². The van der Waals surface area contributed by atoms with Crippen molar-refractivity contribution in [2.45, 2.75) is 38.5 Å². The van der Waals surface area contributed by atoms with E-state index in [0.717, 1.165) is 11.1 Å². The second kappa shape index (κ2) is 13.1. The zero-order valence-electron chi connectivity index (χ0n) is 17.6. The molecule has 0 heterocycles. The standard InChI is InChI=1S/C23H29N3O5/c1-17(12-22(28)30-15-19-10-6-3-7-11-19)31-16-26-21(27)14-25-23(29)20(24)13-18-8-4-2-5-9-18/h2-11,17,20H,12-16,24H2,1H3,(H,25,29)(H,26,27)/t17-,20+/m1/s1. The summed E-state index contributed by atoms with van der Waals surface area (Å²) in [5.41, 5.74) is 7.72. The van der Waals surface area contributed by atoms with Crippen molar-refractivity contribution in [1.82, 2.24) is 10.6 Å². The van der Waals surface area contributed by atoms with Gasteiger partial charge in [-0.05, 0) is 24.5 Å². The van der Waals surface area contributed by atoms with Gasteiger partial charge in [-0.25, -0.2) is 0 Å². The average Bonchev–Trinajstić information content (AvgIpc) is 2.77. The minimum absolute atomic E-state index is 0.0633. The maximum Gasteiger partial charge on any atom is 0.308 e. The second-order valence-corrected chi connectivity index (χ2v) is 7.09. The van der Waals surface area contributed by atoms with E-state index in [1.165, 1.54) is 0 Å². The smallest absolute Gasteiger partial charge is 0.308 e. The van der Waals surface area contributed by atoms with Crippen LogP contribution in [0.4, 0.5) is 0 Å². The summed E-state index contributed by atoms with van der Waals surface area (Å²) in [7, 11) is 0. The number of carbonyl (C=O) groups excluding carboxylic acids is 3. The lowest BCUT2D eigenvalue weighted by molar-refractivity contribution is -0.148. The summed E-state index contributed by atoms with van der Waals surface area (Å²) in [6.45, 7) is 1.62. The van der Waals surface area contributed by atoms with Crippen LogP contribution in [0.2, 0.25) is 0 Å². The summed E-state index contributed by atoms with van der Waals surface area (Å²) >= 11 is 0. The minimum Gasteiger partial charge on any atom is -0.461 e. The molecule has 4 N–H and O–H groups in total. The summed E-state index contributed by atoms with van der Waals surface area (Å²) in [5, 5.41) is 5.02. The normalized spacial score (nSPS) is 12.5. The first-order valence-corrected chi connectivity index (χ1v) is 10.1. The van der Waals surface area contributed by atoms with Crippen molar-refractivity contribution in [3.8, 4) is 0 Å². The number of hydrogen-bond donors (Lipinski definition) is 3. The predicted octanol–water partition coefficient (Wildman–Crippen LogP) is 1.28. The molecule has 0 aromatic heterocycles. The van der Waals surface area contributed by atoms with Gasteiger partial charge >= 0.3 is 5.97 Å². The van der Waals surface area contributed by atoms with E-state index in [-0.39, 0.29) is 32.3 Å². The molecule has 166 valence electrons. The first-order chi connectivity index (χ1) is 14.9. The fraction of sp³-hybridized carbons (Fsp3) is 0.348. The molecule has 0 bridgehead atoms. The molecule has 0 aliphatic rings. The summed E-state index contributed by atoms with van der Waals surface area (Å²) in [6.07, 6.45) is 0.0146. The first kappa shape index (κ1) is 24.0. The highest BCUT2D eigenvalue weighted by Gasteiger charge is 2.15. The van der Waals surface area contributed by atoms with Crippen LogP contribution in [-0.2, 0) is 36.9 Å². The lowest BCUT2D eigenvalue weighted by Crippen LogP contribution is -2.46. The van der Waals surface area contributed by atoms with Crippen molar-refractivity contribution in [2.75, 3.05) is 13.3 Å². The van der Waals surface area contributed by atoms with E-state index in [1.807, 2.05) is 60.7 Å². The highest BCUT2D eigenvalue weighted by Crippen LogP contribution is 2.04. The monoisotopic (exact) mass is 427 g/mol. The van der Waals surface area contributed by atoms with Gasteiger partial charge in [0.2, 0.25) is 11.8 Å². The van der Waals surface area contributed by atoms with Gasteiger partial charge in [-0.3, -0.25) is 14.4 Å². The minimum atomic E-state index is -0.742. The Morgan fingerprint density at radius 3 is 2.19 bits per heavy atom. The van der Waals surface area contributed by atoms with Crippen molar-refractivity contribution >= 4 is 17.8 Å². The molecule has 0 saturated carbocycles. The molecule has 0 spiro atoms. The molecular weight excluding hydrogens is 398 g/mol. The predicted molar refractivity (Wildman–Crippen MR) is 116 cm³/mol. The fourth-order valence-electron chi connectivity index (χ4n) is 2.68. The third kappa shape index (κ3) is 9.88. The van der Waals surface area contributed by atoms with E-state index in [0.29, 0.717) is 6.42 Å². The van der Waals surface area contributed by atoms with Crippen LogP contribution >= 0.6 is 0 Å². The molecule has 8 nitrogen and oxygen atoms in total. The summed E-state index contributed by atoms with van der Waals surface area (Å²) < 4.78 is 10.6. The summed E-state index contributed by atoms with van der Waals surface area (Å²) in [6, 6.07) is 18.0. The Morgan fingerprint density at radius 2 is 1.55 bits per heavy atom. The van der Waals surface area contributed by atoms with E-state index in [2.05, 4.69) is 10.6 Å². The third-order valence-electron chi connectivity index (χ3n) is 4.39. The Bertz CT molecular complexity index is 830. The molecule has 2 atom stereocenters.